The largest absolute Gasteiger partial charge is 0.491 e. The molecular formula is C33H39Cl2F3N2O2Si. The first-order valence-corrected chi connectivity index (χ1v) is 18.2. The van der Waals surface area contributed by atoms with E-state index in [2.05, 4.69) is 44.1 Å². The molecule has 1 atom stereocenters. The van der Waals surface area contributed by atoms with Crippen molar-refractivity contribution < 1.29 is 22.3 Å². The van der Waals surface area contributed by atoms with Crippen LogP contribution < -0.4 is 4.74 Å². The Morgan fingerprint density at radius 3 is 2.12 bits per heavy atom. The van der Waals surface area contributed by atoms with Gasteiger partial charge < -0.3 is 9.16 Å². The van der Waals surface area contributed by atoms with E-state index in [0.29, 0.717) is 37.4 Å². The van der Waals surface area contributed by atoms with Crippen molar-refractivity contribution >= 4 is 42.3 Å². The number of aromatic nitrogens is 2. The van der Waals surface area contributed by atoms with Gasteiger partial charge in [-0.15, -0.1) is 0 Å². The van der Waals surface area contributed by atoms with E-state index in [1.165, 1.54) is 0 Å². The molecule has 0 radical (unpaired) electrons. The van der Waals surface area contributed by atoms with Gasteiger partial charge in [0, 0.05) is 38.3 Å². The molecule has 3 aromatic carbocycles. The minimum atomic E-state index is -4.60. The molecule has 4 nitrogen and oxygen atoms in total. The van der Waals surface area contributed by atoms with E-state index in [0.717, 1.165) is 45.4 Å². The van der Waals surface area contributed by atoms with Crippen molar-refractivity contribution in [2.75, 3.05) is 13.2 Å². The number of hydrogen-bond donors (Lipinski definition) is 1. The van der Waals surface area contributed by atoms with Crippen LogP contribution >= 0.6 is 23.2 Å². The third-order valence-electron chi connectivity index (χ3n) is 8.46. The Morgan fingerprint density at radius 2 is 1.53 bits per heavy atom. The van der Waals surface area contributed by atoms with Gasteiger partial charge in [-0.2, -0.15) is 18.3 Å². The zero-order chi connectivity index (χ0) is 31.7. The first-order chi connectivity index (χ1) is 20.1. The van der Waals surface area contributed by atoms with Crippen LogP contribution in [0, 0.1) is 0 Å². The average molecular weight is 652 g/mol. The highest BCUT2D eigenvalue weighted by atomic mass is 35.5. The highest BCUT2D eigenvalue weighted by molar-refractivity contribution is 6.74. The molecule has 4 rings (SSSR count). The molecule has 0 fully saturated rings. The van der Waals surface area contributed by atoms with Crippen molar-refractivity contribution in [3.05, 3.63) is 92.2 Å². The zero-order valence-corrected chi connectivity index (χ0v) is 28.2. The van der Waals surface area contributed by atoms with Crippen LogP contribution in [0.5, 0.6) is 5.75 Å². The van der Waals surface area contributed by atoms with Gasteiger partial charge in [0.15, 0.2) is 8.32 Å². The monoisotopic (exact) mass is 650 g/mol. The summed E-state index contributed by atoms with van der Waals surface area (Å²) >= 11 is 13.5. The molecule has 43 heavy (non-hydrogen) atoms. The molecule has 1 N–H and O–H groups in total. The molecule has 0 bridgehead atoms. The van der Waals surface area contributed by atoms with Crippen LogP contribution in [0.2, 0.25) is 28.2 Å². The normalized spacial score (nSPS) is 13.5. The molecule has 232 valence electrons. The van der Waals surface area contributed by atoms with Crippen LogP contribution in [0.25, 0.3) is 10.8 Å². The molecule has 1 aromatic heterocycles. The lowest BCUT2D eigenvalue weighted by Crippen LogP contribution is -2.41. The van der Waals surface area contributed by atoms with Gasteiger partial charge in [0.25, 0.3) is 0 Å². The van der Waals surface area contributed by atoms with Crippen molar-refractivity contribution in [1.82, 2.24) is 10.2 Å². The van der Waals surface area contributed by atoms with Gasteiger partial charge in [0.1, 0.15) is 12.4 Å². The predicted molar refractivity (Wildman–Crippen MR) is 172 cm³/mol. The van der Waals surface area contributed by atoms with Gasteiger partial charge in [0.2, 0.25) is 0 Å². The topological polar surface area (TPSA) is 47.1 Å². The number of nitrogens with zero attached hydrogens (tertiary/aromatic N) is 1. The Balaban J connectivity index is 1.95. The highest BCUT2D eigenvalue weighted by Gasteiger charge is 2.38. The van der Waals surface area contributed by atoms with Crippen molar-refractivity contribution in [3.63, 3.8) is 0 Å². The molecule has 4 aromatic rings. The Kier molecular flexibility index (Phi) is 9.96. The fourth-order valence-corrected chi connectivity index (χ4v) is 6.86. The summed E-state index contributed by atoms with van der Waals surface area (Å²) in [6.07, 6.45) is -3.38. The lowest BCUT2D eigenvalue weighted by atomic mass is 9.80. The van der Waals surface area contributed by atoms with E-state index in [4.69, 9.17) is 32.4 Å². The lowest BCUT2D eigenvalue weighted by Gasteiger charge is -2.36. The number of fused-ring (bicyclic) bond motifs is 1. The van der Waals surface area contributed by atoms with Gasteiger partial charge in [-0.3, -0.25) is 5.10 Å². The van der Waals surface area contributed by atoms with E-state index in [1.807, 2.05) is 50.2 Å². The van der Waals surface area contributed by atoms with Crippen molar-refractivity contribution in [2.24, 2.45) is 0 Å². The van der Waals surface area contributed by atoms with Crippen LogP contribution in [0.15, 0.2) is 48.5 Å². The summed E-state index contributed by atoms with van der Waals surface area (Å²) < 4.78 is 54.1. The third-order valence-corrected chi connectivity index (χ3v) is 13.6. The molecule has 0 saturated carbocycles. The van der Waals surface area contributed by atoms with Gasteiger partial charge >= 0.3 is 6.18 Å². The summed E-state index contributed by atoms with van der Waals surface area (Å²) in [7, 11) is -2.00. The molecule has 0 saturated heterocycles. The molecule has 0 aliphatic rings. The third kappa shape index (κ3) is 6.93. The summed E-state index contributed by atoms with van der Waals surface area (Å²) in [5, 5.41) is 9.47. The van der Waals surface area contributed by atoms with Crippen LogP contribution in [-0.2, 0) is 23.4 Å². The van der Waals surface area contributed by atoms with Crippen LogP contribution in [0.1, 0.15) is 74.2 Å². The van der Waals surface area contributed by atoms with E-state index in [-0.39, 0.29) is 15.1 Å². The molecule has 0 aliphatic heterocycles. The fraction of sp³-hybridized carbons (Fsp3) is 0.424. The van der Waals surface area contributed by atoms with Gasteiger partial charge in [-0.05, 0) is 59.9 Å². The summed E-state index contributed by atoms with van der Waals surface area (Å²) in [5.41, 5.74) is 2.72. The van der Waals surface area contributed by atoms with Gasteiger partial charge in [0.05, 0.1) is 17.9 Å². The smallest absolute Gasteiger partial charge is 0.416 e. The maximum atomic E-state index is 13.8. The van der Waals surface area contributed by atoms with Crippen LogP contribution in [0.4, 0.5) is 13.2 Å². The summed E-state index contributed by atoms with van der Waals surface area (Å²) in [6, 6.07) is 13.6. The van der Waals surface area contributed by atoms with E-state index >= 15 is 0 Å². The van der Waals surface area contributed by atoms with Crippen molar-refractivity contribution in [1.29, 1.82) is 0 Å². The predicted octanol–water partition coefficient (Wildman–Crippen LogP) is 10.6. The number of hydrogen-bond acceptors (Lipinski definition) is 3. The van der Waals surface area contributed by atoms with Crippen molar-refractivity contribution in [3.8, 4) is 5.75 Å². The Labute approximate surface area is 263 Å². The molecule has 0 amide bonds. The SMILES string of the molecule is CCc1n[nH]c(CC)c1C(c1c(Cl)cc(C(F)(F)F)cc1Cl)c1c(OCCO[Si](C)(C)C(C)(C)C)ccc2ccccc12. The quantitative estimate of drug-likeness (QED) is 0.137. The first-order valence-electron chi connectivity index (χ1n) is 14.5. The second-order valence-corrected chi connectivity index (χ2v) is 17.8. The zero-order valence-electron chi connectivity index (χ0n) is 25.7. The maximum absolute atomic E-state index is 13.8. The summed E-state index contributed by atoms with van der Waals surface area (Å²) in [6.45, 7) is 15.6. The maximum Gasteiger partial charge on any atom is 0.416 e. The second-order valence-electron chi connectivity index (χ2n) is 12.2. The number of benzene rings is 3. The molecule has 1 unspecified atom stereocenters. The van der Waals surface area contributed by atoms with E-state index < -0.39 is 26.0 Å². The number of H-pyrrole nitrogens is 1. The van der Waals surface area contributed by atoms with E-state index in [1.54, 1.807) is 0 Å². The van der Waals surface area contributed by atoms with Crippen molar-refractivity contribution in [2.45, 2.75) is 77.7 Å². The second kappa shape index (κ2) is 12.8. The Morgan fingerprint density at radius 1 is 0.884 bits per heavy atom. The average Bonchev–Trinajstić information content (AvgIpc) is 3.34. The summed E-state index contributed by atoms with van der Waals surface area (Å²) in [5.74, 6) is -0.0757. The van der Waals surface area contributed by atoms with Crippen LogP contribution in [-0.4, -0.2) is 31.7 Å². The Bertz CT molecular complexity index is 1550. The number of aromatic amines is 1. The molecule has 0 spiro atoms. The summed E-state index contributed by atoms with van der Waals surface area (Å²) in [4.78, 5) is 0. The number of aryl methyl sites for hydroxylation is 2. The van der Waals surface area contributed by atoms with Gasteiger partial charge in [-0.1, -0.05) is 88.2 Å². The molecule has 10 heteroatoms. The number of ether oxygens (including phenoxy) is 1. The minimum Gasteiger partial charge on any atom is -0.491 e. The molecular weight excluding hydrogens is 612 g/mol. The van der Waals surface area contributed by atoms with E-state index in [9.17, 15) is 13.2 Å². The number of rotatable bonds is 10. The fourth-order valence-electron chi connectivity index (χ4n) is 5.13. The number of alkyl halides is 3. The lowest BCUT2D eigenvalue weighted by molar-refractivity contribution is -0.137. The van der Waals surface area contributed by atoms with Gasteiger partial charge in [-0.25, -0.2) is 0 Å². The Hall–Kier alpha value is -2.52. The molecule has 0 aliphatic carbocycles. The minimum absolute atomic E-state index is 0.0523. The standard InChI is InChI=1S/C33H39Cl2F3N2O2Si/c1-8-25-30(26(9-2)40-39-25)31(29-23(34)18-21(19-24(29)35)33(36,37)38)28-22-13-11-10-12-20(22)14-15-27(28)41-16-17-42-43(6,7)32(3,4)5/h10-15,18-19,31H,8-9,16-17H2,1-7H3,(H,39,40). The molecule has 1 heterocycles. The highest BCUT2D eigenvalue weighted by Crippen LogP contribution is 2.49. The number of halogens is 5. The first kappa shape index (κ1) is 33.4. The van der Waals surface area contributed by atoms with Crippen LogP contribution in [0.3, 0.4) is 0 Å². The number of nitrogens with one attached hydrogen (secondary N) is 1.